The van der Waals surface area contributed by atoms with E-state index < -0.39 is 7.94 Å². The molecule has 0 aliphatic rings. The van der Waals surface area contributed by atoms with Gasteiger partial charge in [-0.25, -0.2) is 0 Å². The number of hydrogen-bond donors (Lipinski definition) is 1. The molecule has 0 aliphatic carbocycles. The Hall–Kier alpha value is -2.61. The van der Waals surface area contributed by atoms with Crippen LogP contribution in [0.4, 0.5) is 0 Å². The maximum absolute atomic E-state index is 11.5. The summed E-state index contributed by atoms with van der Waals surface area (Å²) in [5, 5.41) is 4.10. The Bertz CT molecular complexity index is 1020. The average molecular weight is 392 g/mol. The third-order valence-electron chi connectivity index (χ3n) is 4.70. The molecule has 0 spiro atoms. The van der Waals surface area contributed by atoms with Crippen LogP contribution in [0.5, 0.6) is 11.5 Å². The van der Waals surface area contributed by atoms with Crippen molar-refractivity contribution >= 4 is 29.5 Å². The summed E-state index contributed by atoms with van der Waals surface area (Å²) in [6.07, 6.45) is 0.472. The summed E-state index contributed by atoms with van der Waals surface area (Å²) < 4.78 is 12.5. The van der Waals surface area contributed by atoms with Gasteiger partial charge in [-0.05, 0) is 0 Å². The molecule has 1 N–H and O–H groups in total. The van der Waals surface area contributed by atoms with E-state index in [0.717, 1.165) is 21.5 Å². The van der Waals surface area contributed by atoms with Gasteiger partial charge in [-0.15, -0.1) is 0 Å². The average Bonchev–Trinajstić information content (AvgIpc) is 2.68. The Labute approximate surface area is 166 Å². The van der Waals surface area contributed by atoms with Gasteiger partial charge >= 0.3 is 166 Å². The molecule has 0 saturated carbocycles. The zero-order valence-electron chi connectivity index (χ0n) is 16.1. The van der Waals surface area contributed by atoms with Crippen LogP contribution in [-0.4, -0.2) is 11.1 Å². The van der Waals surface area contributed by atoms with Crippen molar-refractivity contribution < 1.29 is 13.9 Å². The first-order chi connectivity index (χ1) is 13.5. The van der Waals surface area contributed by atoms with Crippen molar-refractivity contribution in [3.8, 4) is 11.5 Å². The Morgan fingerprint density at radius 1 is 0.679 bits per heavy atom. The molecule has 4 aromatic carbocycles. The summed E-state index contributed by atoms with van der Waals surface area (Å²) in [5.74, 6) is 1.56. The van der Waals surface area contributed by atoms with Gasteiger partial charge in [0, 0.05) is 0 Å². The summed E-state index contributed by atoms with van der Waals surface area (Å²) in [4.78, 5) is 11.5. The van der Waals surface area contributed by atoms with Gasteiger partial charge in [-0.1, -0.05) is 0 Å². The van der Waals surface area contributed by atoms with Crippen LogP contribution in [0.25, 0.3) is 21.5 Å². The molecular weight excluding hydrogens is 367 g/mol. The molecule has 0 atom stereocenters. The SMILES string of the molecule is CC(C)C[PH](O)(Oc1cccc2ccccc12)Oc1cccc2ccccc12. The molecule has 3 nitrogen and oxygen atoms in total. The quantitative estimate of drug-likeness (QED) is 0.376. The van der Waals surface area contributed by atoms with Crippen LogP contribution in [0.3, 0.4) is 0 Å². The van der Waals surface area contributed by atoms with E-state index in [-0.39, 0.29) is 5.92 Å². The van der Waals surface area contributed by atoms with E-state index in [0.29, 0.717) is 17.7 Å². The van der Waals surface area contributed by atoms with E-state index in [1.807, 2.05) is 84.9 Å². The second kappa shape index (κ2) is 7.79. The van der Waals surface area contributed by atoms with Crippen molar-refractivity contribution in [3.63, 3.8) is 0 Å². The van der Waals surface area contributed by atoms with Crippen molar-refractivity contribution in [2.75, 3.05) is 6.16 Å². The first-order valence-corrected chi connectivity index (χ1v) is 11.6. The maximum atomic E-state index is 11.5. The molecule has 0 aliphatic heterocycles. The second-order valence-electron chi connectivity index (χ2n) is 7.47. The predicted molar refractivity (Wildman–Crippen MR) is 119 cm³/mol. The van der Waals surface area contributed by atoms with Crippen molar-refractivity contribution in [2.45, 2.75) is 13.8 Å². The third kappa shape index (κ3) is 3.96. The molecule has 4 aromatic rings. The first-order valence-electron chi connectivity index (χ1n) is 9.60. The fourth-order valence-electron chi connectivity index (χ4n) is 3.53. The van der Waals surface area contributed by atoms with E-state index in [4.69, 9.17) is 9.05 Å². The molecule has 28 heavy (non-hydrogen) atoms. The van der Waals surface area contributed by atoms with E-state index in [1.54, 1.807) is 0 Å². The molecule has 0 amide bonds. The zero-order valence-corrected chi connectivity index (χ0v) is 17.1. The van der Waals surface area contributed by atoms with Gasteiger partial charge in [0.25, 0.3) is 0 Å². The van der Waals surface area contributed by atoms with Gasteiger partial charge in [0.1, 0.15) is 0 Å². The van der Waals surface area contributed by atoms with E-state index >= 15 is 0 Å². The summed E-state index contributed by atoms with van der Waals surface area (Å²) in [5.41, 5.74) is 0. The van der Waals surface area contributed by atoms with Crippen LogP contribution < -0.4 is 9.05 Å². The van der Waals surface area contributed by atoms with Crippen molar-refractivity contribution in [3.05, 3.63) is 84.9 Å². The molecule has 0 bridgehead atoms. The van der Waals surface area contributed by atoms with Crippen molar-refractivity contribution in [1.82, 2.24) is 0 Å². The summed E-state index contributed by atoms with van der Waals surface area (Å²) in [7, 11) is -3.53. The van der Waals surface area contributed by atoms with E-state index in [1.165, 1.54) is 0 Å². The molecule has 144 valence electrons. The molecule has 0 fully saturated rings. The van der Waals surface area contributed by atoms with Gasteiger partial charge in [0.05, 0.1) is 0 Å². The second-order valence-corrected chi connectivity index (χ2v) is 9.71. The number of hydrogen-bond acceptors (Lipinski definition) is 3. The van der Waals surface area contributed by atoms with Crippen LogP contribution in [0.2, 0.25) is 0 Å². The van der Waals surface area contributed by atoms with E-state index in [2.05, 4.69) is 13.8 Å². The number of benzene rings is 4. The van der Waals surface area contributed by atoms with Crippen LogP contribution >= 0.6 is 7.94 Å². The van der Waals surface area contributed by atoms with Gasteiger partial charge in [-0.2, -0.15) is 0 Å². The normalized spacial score (nSPS) is 12.4. The van der Waals surface area contributed by atoms with Gasteiger partial charge in [-0.3, -0.25) is 0 Å². The Morgan fingerprint density at radius 2 is 1.11 bits per heavy atom. The van der Waals surface area contributed by atoms with Crippen LogP contribution in [0.15, 0.2) is 84.9 Å². The zero-order chi connectivity index (χ0) is 19.6. The summed E-state index contributed by atoms with van der Waals surface area (Å²) in [6.45, 7) is 4.13. The molecule has 4 heteroatoms. The predicted octanol–water partition coefficient (Wildman–Crippen LogP) is 6.59. The third-order valence-corrected chi connectivity index (χ3v) is 7.11. The van der Waals surface area contributed by atoms with Crippen LogP contribution in [0, 0.1) is 5.92 Å². The van der Waals surface area contributed by atoms with Gasteiger partial charge in [0.15, 0.2) is 0 Å². The monoisotopic (exact) mass is 392 g/mol. The molecule has 0 radical (unpaired) electrons. The number of rotatable bonds is 6. The minimum atomic E-state index is -3.53. The van der Waals surface area contributed by atoms with Crippen LogP contribution in [0.1, 0.15) is 13.8 Å². The minimum absolute atomic E-state index is 0.238. The molecular formula is C24H25O3P. The Morgan fingerprint density at radius 3 is 1.57 bits per heavy atom. The first kappa shape index (κ1) is 18.7. The molecule has 0 unspecified atom stereocenters. The topological polar surface area (TPSA) is 38.7 Å². The fourth-order valence-corrected chi connectivity index (χ4v) is 5.82. The standard InChI is InChI=1S/C24H25O3P/c1-18(2)17-28(25,26-23-15-7-11-19-9-3-5-13-21(19)23)27-24-16-8-12-20-10-4-6-14-22(20)24/h3-16,18,25,28H,17H2,1-2H3. The molecule has 0 aromatic heterocycles. The molecule has 0 heterocycles. The Balaban J connectivity index is 1.74. The van der Waals surface area contributed by atoms with Gasteiger partial charge in [0.2, 0.25) is 0 Å². The molecule has 0 saturated heterocycles. The summed E-state index contributed by atoms with van der Waals surface area (Å²) in [6, 6.07) is 27.8. The van der Waals surface area contributed by atoms with Crippen LogP contribution in [-0.2, 0) is 0 Å². The van der Waals surface area contributed by atoms with Crippen molar-refractivity contribution in [2.24, 2.45) is 5.92 Å². The number of fused-ring (bicyclic) bond motifs is 2. The molecule has 4 rings (SSSR count). The summed E-state index contributed by atoms with van der Waals surface area (Å²) >= 11 is 0. The van der Waals surface area contributed by atoms with Gasteiger partial charge < -0.3 is 0 Å². The van der Waals surface area contributed by atoms with Crippen molar-refractivity contribution in [1.29, 1.82) is 0 Å². The van der Waals surface area contributed by atoms with E-state index in [9.17, 15) is 4.89 Å². The Kier molecular flexibility index (Phi) is 5.21. The fraction of sp³-hybridized carbons (Fsp3) is 0.167.